The van der Waals surface area contributed by atoms with E-state index >= 15 is 0 Å². The van der Waals surface area contributed by atoms with Crippen LogP contribution in [0.25, 0.3) is 0 Å². The summed E-state index contributed by atoms with van der Waals surface area (Å²) in [6.07, 6.45) is 0.603. The number of hydrogen-bond donors (Lipinski definition) is 2. The van der Waals surface area contributed by atoms with E-state index < -0.39 is 0 Å². The third-order valence-electron chi connectivity index (χ3n) is 2.77. The average molecular weight is 264 g/mol. The molecule has 5 nitrogen and oxygen atoms in total. The molecule has 1 rings (SSSR count). The summed E-state index contributed by atoms with van der Waals surface area (Å²) in [5, 5.41) is 0. The molecular weight excluding hydrogens is 244 g/mol. The lowest BCUT2D eigenvalue weighted by molar-refractivity contribution is 0.323. The van der Waals surface area contributed by atoms with Crippen LogP contribution in [0.15, 0.2) is 12.1 Å². The smallest absolute Gasteiger partial charge is 0.203 e. The van der Waals surface area contributed by atoms with Crippen molar-refractivity contribution < 1.29 is 14.2 Å². The second kappa shape index (κ2) is 7.52. The second-order valence-electron chi connectivity index (χ2n) is 3.81. The van der Waals surface area contributed by atoms with Crippen molar-refractivity contribution in [2.75, 3.05) is 21.3 Å². The number of hydrogen-bond acceptors (Lipinski definition) is 5. The van der Waals surface area contributed by atoms with Crippen LogP contribution in [-0.2, 0) is 0 Å². The molecule has 5 heteroatoms. The Hall–Kier alpha value is -1.90. The Bertz CT molecular complexity index is 452. The highest BCUT2D eigenvalue weighted by Crippen LogP contribution is 2.39. The minimum absolute atomic E-state index is 0.0962. The highest BCUT2D eigenvalue weighted by Gasteiger charge is 2.17. The van der Waals surface area contributed by atoms with Gasteiger partial charge in [-0.2, -0.15) is 0 Å². The molecular formula is C14H20N2O3. The summed E-state index contributed by atoms with van der Waals surface area (Å²) in [5.41, 5.74) is 3.67. The number of nitrogens with two attached hydrogens (primary N) is 1. The monoisotopic (exact) mass is 264 g/mol. The van der Waals surface area contributed by atoms with Crippen molar-refractivity contribution in [3.8, 4) is 29.1 Å². The van der Waals surface area contributed by atoms with Crippen LogP contribution in [0.1, 0.15) is 24.9 Å². The third-order valence-corrected chi connectivity index (χ3v) is 2.77. The number of hydrazine groups is 1. The van der Waals surface area contributed by atoms with Crippen LogP contribution in [0.2, 0.25) is 0 Å². The van der Waals surface area contributed by atoms with E-state index in [1.807, 2.05) is 12.1 Å². The van der Waals surface area contributed by atoms with Crippen LogP contribution in [0.4, 0.5) is 0 Å². The molecule has 0 aliphatic carbocycles. The van der Waals surface area contributed by atoms with Crippen molar-refractivity contribution in [2.45, 2.75) is 19.4 Å². The van der Waals surface area contributed by atoms with Crippen LogP contribution < -0.4 is 25.5 Å². The molecule has 0 spiro atoms. The topological polar surface area (TPSA) is 65.7 Å². The molecule has 1 unspecified atom stereocenters. The van der Waals surface area contributed by atoms with E-state index in [1.54, 1.807) is 28.3 Å². The van der Waals surface area contributed by atoms with Gasteiger partial charge in [0.05, 0.1) is 27.4 Å². The molecule has 0 heterocycles. The summed E-state index contributed by atoms with van der Waals surface area (Å²) in [6.45, 7) is 1.79. The van der Waals surface area contributed by atoms with Gasteiger partial charge in [0.15, 0.2) is 11.5 Å². The van der Waals surface area contributed by atoms with Crippen LogP contribution in [0, 0.1) is 11.8 Å². The lowest BCUT2D eigenvalue weighted by Gasteiger charge is -2.18. The molecule has 0 aliphatic heterocycles. The first-order valence-corrected chi connectivity index (χ1v) is 5.87. The molecule has 0 fully saturated rings. The SMILES string of the molecule is CC#CCC(NN)c1cc(OC)c(OC)c(OC)c1. The zero-order valence-electron chi connectivity index (χ0n) is 11.7. The summed E-state index contributed by atoms with van der Waals surface area (Å²) in [4.78, 5) is 0. The molecule has 0 saturated heterocycles. The number of benzene rings is 1. The van der Waals surface area contributed by atoms with Gasteiger partial charge in [0.25, 0.3) is 0 Å². The molecule has 0 aliphatic rings. The minimum Gasteiger partial charge on any atom is -0.493 e. The van der Waals surface area contributed by atoms with Gasteiger partial charge < -0.3 is 14.2 Å². The number of methoxy groups -OCH3 is 3. The Kier molecular flexibility index (Phi) is 6.00. The van der Waals surface area contributed by atoms with Crippen molar-refractivity contribution >= 4 is 0 Å². The zero-order chi connectivity index (χ0) is 14.3. The van der Waals surface area contributed by atoms with Crippen LogP contribution in [0.3, 0.4) is 0 Å². The summed E-state index contributed by atoms with van der Waals surface area (Å²) < 4.78 is 15.9. The Balaban J connectivity index is 3.22. The first kappa shape index (κ1) is 15.2. The summed E-state index contributed by atoms with van der Waals surface area (Å²) in [5.74, 6) is 13.2. The molecule has 0 bridgehead atoms. The van der Waals surface area contributed by atoms with Gasteiger partial charge in [-0.3, -0.25) is 11.3 Å². The fourth-order valence-electron chi connectivity index (χ4n) is 1.78. The van der Waals surface area contributed by atoms with Gasteiger partial charge in [-0.05, 0) is 24.6 Å². The lowest BCUT2D eigenvalue weighted by atomic mass is 10.0. The number of ether oxygens (including phenoxy) is 3. The maximum absolute atomic E-state index is 5.57. The van der Waals surface area contributed by atoms with E-state index in [4.69, 9.17) is 20.1 Å². The van der Waals surface area contributed by atoms with Gasteiger partial charge in [-0.15, -0.1) is 11.8 Å². The highest BCUT2D eigenvalue weighted by molar-refractivity contribution is 5.54. The van der Waals surface area contributed by atoms with E-state index in [1.165, 1.54) is 0 Å². The number of nitrogens with one attached hydrogen (secondary N) is 1. The third kappa shape index (κ3) is 3.53. The van der Waals surface area contributed by atoms with Crippen molar-refractivity contribution in [2.24, 2.45) is 5.84 Å². The van der Waals surface area contributed by atoms with Crippen molar-refractivity contribution in [3.05, 3.63) is 17.7 Å². The van der Waals surface area contributed by atoms with Gasteiger partial charge in [0, 0.05) is 6.42 Å². The Morgan fingerprint density at radius 1 is 1.16 bits per heavy atom. The molecule has 3 N–H and O–H groups in total. The quantitative estimate of drug-likeness (QED) is 0.464. The van der Waals surface area contributed by atoms with Crippen LogP contribution >= 0.6 is 0 Å². The van der Waals surface area contributed by atoms with Crippen molar-refractivity contribution in [1.82, 2.24) is 5.43 Å². The molecule has 0 amide bonds. The van der Waals surface area contributed by atoms with E-state index in [-0.39, 0.29) is 6.04 Å². The average Bonchev–Trinajstić information content (AvgIpc) is 2.46. The van der Waals surface area contributed by atoms with Crippen molar-refractivity contribution in [1.29, 1.82) is 0 Å². The fraction of sp³-hybridized carbons (Fsp3) is 0.429. The normalized spacial score (nSPS) is 11.2. The van der Waals surface area contributed by atoms with Gasteiger partial charge in [-0.1, -0.05) is 0 Å². The largest absolute Gasteiger partial charge is 0.493 e. The van der Waals surface area contributed by atoms with E-state index in [2.05, 4.69) is 17.3 Å². The standard InChI is InChI=1S/C14H20N2O3/c1-5-6-7-11(16-15)10-8-12(17-2)14(19-4)13(9-10)18-3/h8-9,11,16H,7,15H2,1-4H3. The molecule has 0 aromatic heterocycles. The summed E-state index contributed by atoms with van der Waals surface area (Å²) in [7, 11) is 4.73. The Labute approximate surface area is 114 Å². The molecule has 0 saturated carbocycles. The maximum atomic E-state index is 5.57. The highest BCUT2D eigenvalue weighted by atomic mass is 16.5. The fourth-order valence-corrected chi connectivity index (χ4v) is 1.78. The Morgan fingerprint density at radius 3 is 2.11 bits per heavy atom. The zero-order valence-corrected chi connectivity index (χ0v) is 11.7. The molecule has 1 aromatic rings. The molecule has 1 aromatic carbocycles. The van der Waals surface area contributed by atoms with Crippen molar-refractivity contribution in [3.63, 3.8) is 0 Å². The van der Waals surface area contributed by atoms with E-state index in [9.17, 15) is 0 Å². The molecule has 0 radical (unpaired) electrons. The molecule has 1 atom stereocenters. The first-order valence-electron chi connectivity index (χ1n) is 5.87. The van der Waals surface area contributed by atoms with E-state index in [0.29, 0.717) is 23.7 Å². The van der Waals surface area contributed by atoms with Gasteiger partial charge in [0.1, 0.15) is 0 Å². The second-order valence-corrected chi connectivity index (χ2v) is 3.81. The first-order chi connectivity index (χ1) is 9.21. The summed E-state index contributed by atoms with van der Waals surface area (Å²) >= 11 is 0. The van der Waals surface area contributed by atoms with Gasteiger partial charge in [0.2, 0.25) is 5.75 Å². The van der Waals surface area contributed by atoms with Gasteiger partial charge >= 0.3 is 0 Å². The lowest BCUT2D eigenvalue weighted by Crippen LogP contribution is -2.27. The number of rotatable bonds is 6. The predicted molar refractivity (Wildman–Crippen MR) is 74.2 cm³/mol. The molecule has 19 heavy (non-hydrogen) atoms. The minimum atomic E-state index is -0.0962. The van der Waals surface area contributed by atoms with E-state index in [0.717, 1.165) is 5.56 Å². The Morgan fingerprint density at radius 2 is 1.74 bits per heavy atom. The molecule has 104 valence electrons. The predicted octanol–water partition coefficient (Wildman–Crippen LogP) is 1.63. The van der Waals surface area contributed by atoms with Crippen LogP contribution in [0.5, 0.6) is 17.2 Å². The maximum Gasteiger partial charge on any atom is 0.203 e. The van der Waals surface area contributed by atoms with Crippen LogP contribution in [-0.4, -0.2) is 21.3 Å². The summed E-state index contributed by atoms with van der Waals surface area (Å²) in [6, 6.07) is 3.63. The van der Waals surface area contributed by atoms with Gasteiger partial charge in [-0.25, -0.2) is 0 Å².